The Balaban J connectivity index is 1.54. The van der Waals surface area contributed by atoms with Crippen molar-refractivity contribution in [3.05, 3.63) is 63.6 Å². The van der Waals surface area contributed by atoms with Gasteiger partial charge in [0.15, 0.2) is 0 Å². The van der Waals surface area contributed by atoms with Crippen LogP contribution in [0.5, 0.6) is 0 Å². The third-order valence-corrected chi connectivity index (χ3v) is 7.83. The van der Waals surface area contributed by atoms with Gasteiger partial charge in [0.2, 0.25) is 10.0 Å². The predicted molar refractivity (Wildman–Crippen MR) is 115 cm³/mol. The number of aryl methyl sites for hydroxylation is 1. The number of rotatable bonds is 5. The molecule has 1 N–H and O–H groups in total. The molecule has 1 aliphatic heterocycles. The molecule has 0 aliphatic carbocycles. The van der Waals surface area contributed by atoms with Crippen molar-refractivity contribution in [2.24, 2.45) is 0 Å². The van der Waals surface area contributed by atoms with Gasteiger partial charge in [0.25, 0.3) is 0 Å². The van der Waals surface area contributed by atoms with Gasteiger partial charge in [-0.1, -0.05) is 53.5 Å². The molecule has 29 heavy (non-hydrogen) atoms. The van der Waals surface area contributed by atoms with Gasteiger partial charge in [-0.15, -0.1) is 0 Å². The van der Waals surface area contributed by atoms with Crippen molar-refractivity contribution >= 4 is 39.3 Å². The normalized spacial score (nSPS) is 15.3. The van der Waals surface area contributed by atoms with E-state index in [1.807, 2.05) is 31.2 Å². The topological polar surface area (TPSA) is 69.7 Å². The fraction of sp³-hybridized carbons (Fsp3) is 0.350. The number of nitrogens with one attached hydrogen (secondary N) is 1. The molecular weight excluding hydrogens is 433 g/mol. The Morgan fingerprint density at radius 3 is 2.24 bits per heavy atom. The molecule has 3 rings (SSSR count). The minimum atomic E-state index is -3.82. The van der Waals surface area contributed by atoms with E-state index in [0.29, 0.717) is 19.6 Å². The number of sulfonamides is 1. The van der Waals surface area contributed by atoms with Crippen LogP contribution in [0.15, 0.2) is 47.4 Å². The maximum atomic E-state index is 12.9. The molecule has 156 valence electrons. The first-order valence-electron chi connectivity index (χ1n) is 9.32. The Morgan fingerprint density at radius 2 is 1.62 bits per heavy atom. The van der Waals surface area contributed by atoms with Crippen molar-refractivity contribution in [3.8, 4) is 0 Å². The van der Waals surface area contributed by atoms with Gasteiger partial charge in [-0.3, -0.25) is 0 Å². The lowest BCUT2D eigenvalue weighted by Crippen LogP contribution is -2.53. The fourth-order valence-electron chi connectivity index (χ4n) is 3.30. The van der Waals surface area contributed by atoms with Crippen LogP contribution in [-0.2, 0) is 16.4 Å². The Labute approximate surface area is 181 Å². The smallest absolute Gasteiger partial charge is 0.317 e. The van der Waals surface area contributed by atoms with Crippen molar-refractivity contribution in [1.29, 1.82) is 0 Å². The lowest BCUT2D eigenvalue weighted by atomic mass is 10.1. The zero-order valence-corrected chi connectivity index (χ0v) is 18.4. The Morgan fingerprint density at radius 1 is 1.00 bits per heavy atom. The molecule has 2 amide bonds. The van der Waals surface area contributed by atoms with Crippen LogP contribution in [0.2, 0.25) is 10.0 Å². The number of carbonyl (C=O) groups is 1. The number of carbonyl (C=O) groups excluding carboxylic acids is 1. The van der Waals surface area contributed by atoms with Gasteiger partial charge in [-0.25, -0.2) is 13.2 Å². The maximum Gasteiger partial charge on any atom is 0.317 e. The fourth-order valence-corrected chi connectivity index (χ4v) is 5.81. The molecular formula is C20H23Cl2N3O3S. The number of nitrogens with zero attached hydrogens (tertiary/aromatic N) is 2. The van der Waals surface area contributed by atoms with E-state index in [4.69, 9.17) is 23.2 Å². The maximum absolute atomic E-state index is 12.9. The molecule has 9 heteroatoms. The average Bonchev–Trinajstić information content (AvgIpc) is 2.69. The highest BCUT2D eigenvalue weighted by Crippen LogP contribution is 2.31. The van der Waals surface area contributed by atoms with Crippen molar-refractivity contribution in [3.63, 3.8) is 0 Å². The number of amides is 2. The molecule has 6 nitrogen and oxygen atoms in total. The van der Waals surface area contributed by atoms with Gasteiger partial charge < -0.3 is 10.2 Å². The van der Waals surface area contributed by atoms with Crippen molar-refractivity contribution < 1.29 is 13.2 Å². The van der Waals surface area contributed by atoms with E-state index in [1.165, 1.54) is 27.6 Å². The molecule has 0 aromatic heterocycles. The largest absolute Gasteiger partial charge is 0.338 e. The number of halogens is 2. The van der Waals surface area contributed by atoms with Crippen LogP contribution >= 0.6 is 23.2 Å². The number of benzene rings is 2. The summed E-state index contributed by atoms with van der Waals surface area (Å²) in [6.45, 7) is 3.55. The number of hydrogen-bond acceptors (Lipinski definition) is 3. The Bertz CT molecular complexity index is 970. The summed E-state index contributed by atoms with van der Waals surface area (Å²) in [5.41, 5.74) is 2.39. The SMILES string of the molecule is Cc1ccccc1CCNC(=O)N1CCN(S(=O)(=O)c2c(Cl)cccc2Cl)CC1. The predicted octanol–water partition coefficient (Wildman–Crippen LogP) is 3.56. The van der Waals surface area contributed by atoms with E-state index in [0.717, 1.165) is 6.42 Å². The van der Waals surface area contributed by atoms with Gasteiger partial charge in [-0.05, 0) is 36.6 Å². The van der Waals surface area contributed by atoms with Crippen LogP contribution in [0, 0.1) is 6.92 Å². The minimum Gasteiger partial charge on any atom is -0.338 e. The molecule has 0 bridgehead atoms. The molecule has 0 atom stereocenters. The monoisotopic (exact) mass is 455 g/mol. The second-order valence-electron chi connectivity index (χ2n) is 6.85. The summed E-state index contributed by atoms with van der Waals surface area (Å²) in [7, 11) is -3.82. The Hall–Kier alpha value is -1.80. The van der Waals surface area contributed by atoms with E-state index in [9.17, 15) is 13.2 Å². The summed E-state index contributed by atoms with van der Waals surface area (Å²) in [6.07, 6.45) is 0.748. The average molecular weight is 456 g/mol. The van der Waals surface area contributed by atoms with Crippen LogP contribution in [-0.4, -0.2) is 56.4 Å². The summed E-state index contributed by atoms with van der Waals surface area (Å²) in [5, 5.41) is 3.09. The minimum absolute atomic E-state index is 0.0838. The van der Waals surface area contributed by atoms with Crippen LogP contribution in [0.3, 0.4) is 0 Å². The zero-order chi connectivity index (χ0) is 21.0. The van der Waals surface area contributed by atoms with E-state index >= 15 is 0 Å². The van der Waals surface area contributed by atoms with Gasteiger partial charge >= 0.3 is 6.03 Å². The third-order valence-electron chi connectivity index (χ3n) is 4.97. The highest BCUT2D eigenvalue weighted by molar-refractivity contribution is 7.89. The number of hydrogen-bond donors (Lipinski definition) is 1. The molecule has 1 saturated heterocycles. The second-order valence-corrected chi connectivity index (χ2v) is 9.54. The molecule has 0 unspecified atom stereocenters. The molecule has 1 heterocycles. The summed E-state index contributed by atoms with van der Waals surface area (Å²) in [5.74, 6) is 0. The van der Waals surface area contributed by atoms with E-state index in [1.54, 1.807) is 11.0 Å². The molecule has 0 saturated carbocycles. The highest BCUT2D eigenvalue weighted by Gasteiger charge is 2.32. The van der Waals surface area contributed by atoms with Crippen LogP contribution < -0.4 is 5.32 Å². The molecule has 0 spiro atoms. The van der Waals surface area contributed by atoms with Gasteiger partial charge in [0.1, 0.15) is 4.90 Å². The zero-order valence-electron chi connectivity index (χ0n) is 16.1. The second kappa shape index (κ2) is 9.34. The van der Waals surface area contributed by atoms with E-state index < -0.39 is 10.0 Å². The molecule has 2 aromatic rings. The number of piperazine rings is 1. The summed E-state index contributed by atoms with van der Waals surface area (Å²) in [4.78, 5) is 14.0. The summed E-state index contributed by atoms with van der Waals surface area (Å²) >= 11 is 12.1. The van der Waals surface area contributed by atoms with Gasteiger partial charge in [-0.2, -0.15) is 4.31 Å². The van der Waals surface area contributed by atoms with Crippen LogP contribution in [0.25, 0.3) is 0 Å². The Kier molecular flexibility index (Phi) is 7.05. The molecule has 0 radical (unpaired) electrons. The quantitative estimate of drug-likeness (QED) is 0.748. The van der Waals surface area contributed by atoms with Gasteiger partial charge in [0.05, 0.1) is 10.0 Å². The summed E-state index contributed by atoms with van der Waals surface area (Å²) in [6, 6.07) is 12.5. The first kappa shape index (κ1) is 21.9. The number of urea groups is 1. The lowest BCUT2D eigenvalue weighted by Gasteiger charge is -2.34. The first-order chi connectivity index (χ1) is 13.8. The van der Waals surface area contributed by atoms with Crippen molar-refractivity contribution in [2.75, 3.05) is 32.7 Å². The molecule has 1 fully saturated rings. The van der Waals surface area contributed by atoms with E-state index in [2.05, 4.69) is 5.32 Å². The summed E-state index contributed by atoms with van der Waals surface area (Å²) < 4.78 is 27.1. The molecule has 2 aromatic carbocycles. The van der Waals surface area contributed by atoms with Gasteiger partial charge in [0, 0.05) is 32.7 Å². The van der Waals surface area contributed by atoms with Crippen LogP contribution in [0.1, 0.15) is 11.1 Å². The lowest BCUT2D eigenvalue weighted by molar-refractivity contribution is 0.172. The third kappa shape index (κ3) is 5.04. The standard InChI is InChI=1S/C20H23Cl2N3O3S/c1-15-5-2-3-6-16(15)9-10-23-20(26)24-11-13-25(14-12-24)29(27,28)19-17(21)7-4-8-18(19)22/h2-8H,9-14H2,1H3,(H,23,26). The van der Waals surface area contributed by atoms with E-state index in [-0.39, 0.29) is 34.1 Å². The van der Waals surface area contributed by atoms with Crippen molar-refractivity contribution in [2.45, 2.75) is 18.2 Å². The molecule has 1 aliphatic rings. The van der Waals surface area contributed by atoms with Crippen LogP contribution in [0.4, 0.5) is 4.79 Å². The first-order valence-corrected chi connectivity index (χ1v) is 11.5. The highest BCUT2D eigenvalue weighted by atomic mass is 35.5. The van der Waals surface area contributed by atoms with Crippen molar-refractivity contribution in [1.82, 2.24) is 14.5 Å².